The number of hydrogen-bond acceptors (Lipinski definition) is 3. The molecular formula is C18H25ClIN5. The number of hydrogen-bond donors (Lipinski definition) is 1. The van der Waals surface area contributed by atoms with E-state index in [9.17, 15) is 0 Å². The average molecular weight is 474 g/mol. The fourth-order valence-corrected chi connectivity index (χ4v) is 2.58. The Bertz CT molecular complexity index is 705. The second-order valence-electron chi connectivity index (χ2n) is 5.80. The lowest BCUT2D eigenvalue weighted by molar-refractivity contribution is 0.476. The Morgan fingerprint density at radius 1 is 1.16 bits per heavy atom. The summed E-state index contributed by atoms with van der Waals surface area (Å²) in [7, 11) is 7.76. The molecule has 0 amide bonds. The van der Waals surface area contributed by atoms with Gasteiger partial charge < -0.3 is 15.1 Å². The van der Waals surface area contributed by atoms with Crippen molar-refractivity contribution in [2.24, 2.45) is 4.99 Å². The predicted molar refractivity (Wildman–Crippen MR) is 117 cm³/mol. The second kappa shape index (κ2) is 10.5. The largest absolute Gasteiger partial charge is 0.363 e. The van der Waals surface area contributed by atoms with Gasteiger partial charge in [0.2, 0.25) is 0 Å². The van der Waals surface area contributed by atoms with E-state index < -0.39 is 0 Å². The fourth-order valence-electron chi connectivity index (χ4n) is 2.37. The Kier molecular flexibility index (Phi) is 8.99. The van der Waals surface area contributed by atoms with Crippen molar-refractivity contribution in [3.05, 3.63) is 58.7 Å². The van der Waals surface area contributed by atoms with E-state index >= 15 is 0 Å². The lowest BCUT2D eigenvalue weighted by Crippen LogP contribution is -2.38. The maximum absolute atomic E-state index is 6.05. The lowest BCUT2D eigenvalue weighted by Gasteiger charge is -2.22. The zero-order valence-electron chi connectivity index (χ0n) is 15.0. The van der Waals surface area contributed by atoms with Gasteiger partial charge in [-0.25, -0.2) is 4.98 Å². The van der Waals surface area contributed by atoms with E-state index in [-0.39, 0.29) is 24.0 Å². The van der Waals surface area contributed by atoms with Gasteiger partial charge in [-0.05, 0) is 35.4 Å². The van der Waals surface area contributed by atoms with Crippen LogP contribution in [0, 0.1) is 0 Å². The van der Waals surface area contributed by atoms with Crippen molar-refractivity contribution in [2.45, 2.75) is 13.1 Å². The number of anilines is 1. The highest BCUT2D eigenvalue weighted by atomic mass is 127. The van der Waals surface area contributed by atoms with Crippen molar-refractivity contribution >= 4 is 47.4 Å². The fraction of sp³-hybridized carbons (Fsp3) is 0.333. The number of nitrogens with one attached hydrogen (secondary N) is 1. The first-order chi connectivity index (χ1) is 11.5. The van der Waals surface area contributed by atoms with Crippen molar-refractivity contribution in [3.63, 3.8) is 0 Å². The van der Waals surface area contributed by atoms with Gasteiger partial charge in [-0.15, -0.1) is 24.0 Å². The number of halogens is 2. The van der Waals surface area contributed by atoms with Gasteiger partial charge in [0.1, 0.15) is 5.82 Å². The van der Waals surface area contributed by atoms with Crippen LogP contribution in [0.15, 0.2) is 47.6 Å². The van der Waals surface area contributed by atoms with E-state index in [1.807, 2.05) is 56.5 Å². The molecule has 0 aliphatic rings. The number of guanidine groups is 1. The van der Waals surface area contributed by atoms with Crippen LogP contribution in [-0.2, 0) is 13.1 Å². The summed E-state index contributed by atoms with van der Waals surface area (Å²) in [6.07, 6.45) is 1.82. The highest BCUT2D eigenvalue weighted by molar-refractivity contribution is 14.0. The van der Waals surface area contributed by atoms with Crippen LogP contribution in [0.5, 0.6) is 0 Å². The van der Waals surface area contributed by atoms with Gasteiger partial charge in [0, 0.05) is 52.5 Å². The highest BCUT2D eigenvalue weighted by Gasteiger charge is 2.07. The highest BCUT2D eigenvalue weighted by Crippen LogP contribution is 2.13. The molecule has 0 atom stereocenters. The first-order valence-corrected chi connectivity index (χ1v) is 8.16. The van der Waals surface area contributed by atoms with Crippen molar-refractivity contribution < 1.29 is 0 Å². The summed E-state index contributed by atoms with van der Waals surface area (Å²) >= 11 is 6.05. The van der Waals surface area contributed by atoms with Crippen LogP contribution in [0.1, 0.15) is 11.1 Å². The van der Waals surface area contributed by atoms with Crippen LogP contribution in [0.3, 0.4) is 0 Å². The Balaban J connectivity index is 0.00000312. The number of benzene rings is 1. The van der Waals surface area contributed by atoms with Crippen molar-refractivity contribution in [3.8, 4) is 0 Å². The van der Waals surface area contributed by atoms with Crippen molar-refractivity contribution in [1.29, 1.82) is 0 Å². The lowest BCUT2D eigenvalue weighted by atomic mass is 10.2. The van der Waals surface area contributed by atoms with Gasteiger partial charge in [-0.3, -0.25) is 4.99 Å². The first kappa shape index (κ1) is 21.5. The van der Waals surface area contributed by atoms with Crippen molar-refractivity contribution in [2.75, 3.05) is 33.1 Å². The molecule has 0 bridgehead atoms. The molecule has 1 aromatic heterocycles. The molecule has 0 aliphatic carbocycles. The number of aromatic nitrogens is 1. The Labute approximate surface area is 172 Å². The average Bonchev–Trinajstić information content (AvgIpc) is 2.55. The number of nitrogens with zero attached hydrogens (tertiary/aromatic N) is 4. The van der Waals surface area contributed by atoms with Gasteiger partial charge >= 0.3 is 0 Å². The molecule has 5 nitrogen and oxygen atoms in total. The summed E-state index contributed by atoms with van der Waals surface area (Å²) in [5.41, 5.74) is 2.30. The second-order valence-corrected chi connectivity index (χ2v) is 6.24. The maximum Gasteiger partial charge on any atom is 0.193 e. The molecule has 7 heteroatoms. The molecule has 0 unspecified atom stereocenters. The third-order valence-electron chi connectivity index (χ3n) is 3.60. The third kappa shape index (κ3) is 6.70. The summed E-state index contributed by atoms with van der Waals surface area (Å²) < 4.78 is 0. The molecule has 0 saturated heterocycles. The molecular weight excluding hydrogens is 449 g/mol. The van der Waals surface area contributed by atoms with Crippen LogP contribution in [0.25, 0.3) is 0 Å². The SMILES string of the molecule is CN=C(NCc1ccnc(N(C)C)c1)N(C)Cc1cccc(Cl)c1.I. The zero-order chi connectivity index (χ0) is 17.5. The molecule has 0 aliphatic heterocycles. The molecule has 25 heavy (non-hydrogen) atoms. The summed E-state index contributed by atoms with van der Waals surface area (Å²) in [5.74, 6) is 1.77. The maximum atomic E-state index is 6.05. The van der Waals surface area contributed by atoms with Crippen LogP contribution in [0.2, 0.25) is 5.02 Å². The summed E-state index contributed by atoms with van der Waals surface area (Å²) in [6, 6.07) is 11.9. The molecule has 0 radical (unpaired) electrons. The molecule has 0 fully saturated rings. The Hall–Kier alpha value is -1.54. The molecule has 2 aromatic rings. The molecule has 1 aromatic carbocycles. The first-order valence-electron chi connectivity index (χ1n) is 7.78. The summed E-state index contributed by atoms with van der Waals surface area (Å²) in [6.45, 7) is 1.43. The van der Waals surface area contributed by atoms with E-state index in [1.54, 1.807) is 7.05 Å². The monoisotopic (exact) mass is 473 g/mol. The van der Waals surface area contributed by atoms with Crippen LogP contribution < -0.4 is 10.2 Å². The molecule has 1 N–H and O–H groups in total. The van der Waals surface area contributed by atoms with Gasteiger partial charge in [0.05, 0.1) is 0 Å². The van der Waals surface area contributed by atoms with E-state index in [0.717, 1.165) is 34.5 Å². The van der Waals surface area contributed by atoms with E-state index in [2.05, 4.69) is 32.3 Å². The van der Waals surface area contributed by atoms with Crippen LogP contribution >= 0.6 is 35.6 Å². The molecule has 1 heterocycles. The number of aliphatic imine (C=N–C) groups is 1. The topological polar surface area (TPSA) is 43.8 Å². The van der Waals surface area contributed by atoms with Crippen LogP contribution in [-0.4, -0.2) is 44.0 Å². The molecule has 2 rings (SSSR count). The standard InChI is InChI=1S/C18H24ClN5.HI/c1-20-18(24(4)13-15-6-5-7-16(19)10-15)22-12-14-8-9-21-17(11-14)23(2)3;/h5-11H,12-13H2,1-4H3,(H,20,22);1H. The van der Waals surface area contributed by atoms with E-state index in [0.29, 0.717) is 6.54 Å². The van der Waals surface area contributed by atoms with Gasteiger partial charge in [0.25, 0.3) is 0 Å². The summed E-state index contributed by atoms with van der Waals surface area (Å²) in [5, 5.41) is 4.13. The van der Waals surface area contributed by atoms with E-state index in [4.69, 9.17) is 11.6 Å². The minimum Gasteiger partial charge on any atom is -0.363 e. The number of pyridine rings is 1. The van der Waals surface area contributed by atoms with Gasteiger partial charge in [-0.2, -0.15) is 0 Å². The van der Waals surface area contributed by atoms with Crippen molar-refractivity contribution in [1.82, 2.24) is 15.2 Å². The predicted octanol–water partition coefficient (Wildman–Crippen LogP) is 3.63. The van der Waals surface area contributed by atoms with Gasteiger partial charge in [-0.1, -0.05) is 23.7 Å². The van der Waals surface area contributed by atoms with Gasteiger partial charge in [0.15, 0.2) is 5.96 Å². The summed E-state index contributed by atoms with van der Waals surface area (Å²) in [4.78, 5) is 12.7. The van der Waals surface area contributed by atoms with E-state index in [1.165, 1.54) is 0 Å². The molecule has 0 saturated carbocycles. The van der Waals surface area contributed by atoms with Crippen LogP contribution in [0.4, 0.5) is 5.82 Å². The normalized spacial score (nSPS) is 10.8. The minimum absolute atomic E-state index is 0. The minimum atomic E-state index is 0. The Morgan fingerprint density at radius 2 is 1.92 bits per heavy atom. The smallest absolute Gasteiger partial charge is 0.193 e. The third-order valence-corrected chi connectivity index (χ3v) is 3.84. The Morgan fingerprint density at radius 3 is 2.56 bits per heavy atom. The zero-order valence-corrected chi connectivity index (χ0v) is 18.1. The molecule has 0 spiro atoms. The quantitative estimate of drug-likeness (QED) is 0.409. The number of rotatable bonds is 5. The molecule has 136 valence electrons.